The molecule has 0 unspecified atom stereocenters. The van der Waals surface area contributed by atoms with E-state index in [0.29, 0.717) is 6.10 Å². The van der Waals surface area contributed by atoms with Crippen molar-refractivity contribution in [2.24, 2.45) is 17.8 Å². The van der Waals surface area contributed by atoms with Gasteiger partial charge in [-0.3, -0.25) is 0 Å². The lowest BCUT2D eigenvalue weighted by atomic mass is 9.70. The first-order chi connectivity index (χ1) is 11.8. The Kier molecular flexibility index (Phi) is 9.92. The maximum Gasteiger partial charge on any atom is 0.0981 e. The molecule has 140 valence electrons. The van der Waals surface area contributed by atoms with Crippen LogP contribution in [0.4, 0.5) is 0 Å². The normalized spacial score (nSPS) is 31.4. The number of hydrogen-bond donors (Lipinski definition) is 0. The average molecular weight is 335 g/mol. The average Bonchev–Trinajstić information content (AvgIpc) is 2.63. The zero-order valence-electron chi connectivity index (χ0n) is 16.5. The molecule has 2 saturated carbocycles. The molecule has 0 amide bonds. The molecule has 1 heteroatoms. The Morgan fingerprint density at radius 1 is 0.833 bits per heavy atom. The van der Waals surface area contributed by atoms with E-state index >= 15 is 0 Å². The van der Waals surface area contributed by atoms with Crippen LogP contribution in [-0.2, 0) is 4.74 Å². The molecule has 2 aliphatic carbocycles. The van der Waals surface area contributed by atoms with Gasteiger partial charge in [0.2, 0.25) is 0 Å². The van der Waals surface area contributed by atoms with Crippen molar-refractivity contribution in [3.8, 4) is 0 Å². The molecule has 0 heterocycles. The summed E-state index contributed by atoms with van der Waals surface area (Å²) >= 11 is 0. The molecule has 0 saturated heterocycles. The van der Waals surface area contributed by atoms with E-state index in [1.807, 2.05) is 6.26 Å². The van der Waals surface area contributed by atoms with Crippen LogP contribution in [0.1, 0.15) is 110 Å². The number of allylic oxidation sites excluding steroid dienone is 1. The highest BCUT2D eigenvalue weighted by atomic mass is 16.5. The fourth-order valence-corrected chi connectivity index (χ4v) is 4.92. The first-order valence-corrected chi connectivity index (χ1v) is 11.1. The topological polar surface area (TPSA) is 9.23 Å². The minimum absolute atomic E-state index is 0.504. The summed E-state index contributed by atoms with van der Waals surface area (Å²) in [5.74, 6) is 3.00. The number of hydrogen-bond acceptors (Lipinski definition) is 1. The van der Waals surface area contributed by atoms with Gasteiger partial charge in [-0.1, -0.05) is 58.8 Å². The predicted octanol–water partition coefficient (Wildman–Crippen LogP) is 7.65. The SMILES string of the molecule is CCCC/C=C/O[C@@H]1CCC[C@@H](C2CCC(CCCCC)CC2)C1. The summed E-state index contributed by atoms with van der Waals surface area (Å²) in [6.07, 6.45) is 25.7. The third-order valence-corrected chi connectivity index (χ3v) is 6.53. The smallest absolute Gasteiger partial charge is 0.0981 e. The van der Waals surface area contributed by atoms with E-state index < -0.39 is 0 Å². The van der Waals surface area contributed by atoms with E-state index in [0.717, 1.165) is 17.8 Å². The summed E-state index contributed by atoms with van der Waals surface area (Å²) in [6.45, 7) is 4.57. The second kappa shape index (κ2) is 12.0. The molecular formula is C23H42O. The monoisotopic (exact) mass is 334 g/mol. The van der Waals surface area contributed by atoms with Gasteiger partial charge in [0.15, 0.2) is 0 Å². The molecule has 0 aromatic carbocycles. The number of ether oxygens (including phenoxy) is 1. The number of rotatable bonds is 10. The fraction of sp³-hybridized carbons (Fsp3) is 0.913. The molecule has 0 radical (unpaired) electrons. The van der Waals surface area contributed by atoms with Gasteiger partial charge in [0.1, 0.15) is 0 Å². The lowest BCUT2D eigenvalue weighted by Gasteiger charge is -2.38. The van der Waals surface area contributed by atoms with E-state index in [1.54, 1.807) is 0 Å². The van der Waals surface area contributed by atoms with Crippen molar-refractivity contribution in [1.82, 2.24) is 0 Å². The van der Waals surface area contributed by atoms with Crippen LogP contribution < -0.4 is 0 Å². The largest absolute Gasteiger partial charge is 0.498 e. The second-order valence-corrected chi connectivity index (χ2v) is 8.48. The van der Waals surface area contributed by atoms with Gasteiger partial charge in [-0.15, -0.1) is 0 Å². The lowest BCUT2D eigenvalue weighted by molar-refractivity contribution is 0.0510. The van der Waals surface area contributed by atoms with Crippen LogP contribution in [0.15, 0.2) is 12.3 Å². The van der Waals surface area contributed by atoms with Crippen molar-refractivity contribution in [2.75, 3.05) is 0 Å². The van der Waals surface area contributed by atoms with Crippen LogP contribution in [-0.4, -0.2) is 6.10 Å². The van der Waals surface area contributed by atoms with Crippen LogP contribution in [0.25, 0.3) is 0 Å². The van der Waals surface area contributed by atoms with Gasteiger partial charge in [-0.25, -0.2) is 0 Å². The van der Waals surface area contributed by atoms with Crippen molar-refractivity contribution in [2.45, 2.75) is 116 Å². The summed E-state index contributed by atoms with van der Waals surface area (Å²) in [4.78, 5) is 0. The molecule has 2 atom stereocenters. The summed E-state index contributed by atoms with van der Waals surface area (Å²) in [5, 5.41) is 0. The standard InChI is InChI=1S/C23H42O/c1-3-5-7-9-18-24-23-13-10-12-22(19-23)21-16-14-20(15-17-21)11-8-6-4-2/h9,18,20-23H,3-8,10-17,19H2,1-2H3/b18-9+/t20?,21?,22-,23-/m1/s1. The van der Waals surface area contributed by atoms with Gasteiger partial charge in [-0.2, -0.15) is 0 Å². The molecule has 0 spiro atoms. The van der Waals surface area contributed by atoms with Gasteiger partial charge in [0, 0.05) is 0 Å². The van der Waals surface area contributed by atoms with E-state index in [4.69, 9.17) is 4.74 Å². The van der Waals surface area contributed by atoms with E-state index in [-0.39, 0.29) is 0 Å². The van der Waals surface area contributed by atoms with Crippen molar-refractivity contribution in [1.29, 1.82) is 0 Å². The maximum atomic E-state index is 6.06. The maximum absolute atomic E-state index is 6.06. The van der Waals surface area contributed by atoms with Crippen molar-refractivity contribution >= 4 is 0 Å². The van der Waals surface area contributed by atoms with Crippen LogP contribution in [0.3, 0.4) is 0 Å². The lowest BCUT2D eigenvalue weighted by Crippen LogP contribution is -2.29. The Balaban J connectivity index is 1.64. The van der Waals surface area contributed by atoms with Gasteiger partial charge < -0.3 is 4.74 Å². The van der Waals surface area contributed by atoms with Gasteiger partial charge in [0.25, 0.3) is 0 Å². The summed E-state index contributed by atoms with van der Waals surface area (Å²) < 4.78 is 6.06. The quantitative estimate of drug-likeness (QED) is 0.294. The Bertz CT molecular complexity index is 327. The van der Waals surface area contributed by atoms with Gasteiger partial charge in [-0.05, 0) is 75.2 Å². The van der Waals surface area contributed by atoms with Crippen LogP contribution >= 0.6 is 0 Å². The summed E-state index contributed by atoms with van der Waals surface area (Å²) in [5.41, 5.74) is 0. The van der Waals surface area contributed by atoms with E-state index in [1.165, 1.54) is 96.3 Å². The summed E-state index contributed by atoms with van der Waals surface area (Å²) in [6, 6.07) is 0. The summed E-state index contributed by atoms with van der Waals surface area (Å²) in [7, 11) is 0. The van der Waals surface area contributed by atoms with Gasteiger partial charge >= 0.3 is 0 Å². The van der Waals surface area contributed by atoms with Crippen LogP contribution in [0.2, 0.25) is 0 Å². The molecule has 1 nitrogen and oxygen atoms in total. The van der Waals surface area contributed by atoms with Crippen molar-refractivity contribution in [3.05, 3.63) is 12.3 Å². The van der Waals surface area contributed by atoms with Crippen molar-refractivity contribution < 1.29 is 4.74 Å². The van der Waals surface area contributed by atoms with Gasteiger partial charge in [0.05, 0.1) is 12.4 Å². The minimum Gasteiger partial charge on any atom is -0.498 e. The number of unbranched alkanes of at least 4 members (excludes halogenated alkanes) is 4. The molecule has 24 heavy (non-hydrogen) atoms. The Labute approximate surface area is 151 Å². The Morgan fingerprint density at radius 2 is 1.62 bits per heavy atom. The second-order valence-electron chi connectivity index (χ2n) is 8.48. The van der Waals surface area contributed by atoms with Crippen LogP contribution in [0.5, 0.6) is 0 Å². The first kappa shape index (κ1) is 19.9. The third-order valence-electron chi connectivity index (χ3n) is 6.53. The van der Waals surface area contributed by atoms with Crippen LogP contribution in [0, 0.1) is 17.8 Å². The molecule has 0 bridgehead atoms. The minimum atomic E-state index is 0.504. The molecule has 2 aliphatic rings. The third kappa shape index (κ3) is 7.19. The highest BCUT2D eigenvalue weighted by Gasteiger charge is 2.31. The molecule has 2 fully saturated rings. The predicted molar refractivity (Wildman–Crippen MR) is 105 cm³/mol. The highest BCUT2D eigenvalue weighted by molar-refractivity contribution is 4.84. The molecule has 0 N–H and O–H groups in total. The first-order valence-electron chi connectivity index (χ1n) is 11.1. The molecular weight excluding hydrogens is 292 g/mol. The van der Waals surface area contributed by atoms with Crippen molar-refractivity contribution in [3.63, 3.8) is 0 Å². The molecule has 0 aromatic rings. The highest BCUT2D eigenvalue weighted by Crippen LogP contribution is 2.41. The van der Waals surface area contributed by atoms with E-state index in [2.05, 4.69) is 19.9 Å². The molecule has 2 rings (SSSR count). The fourth-order valence-electron chi connectivity index (χ4n) is 4.92. The van der Waals surface area contributed by atoms with E-state index in [9.17, 15) is 0 Å². The molecule has 0 aliphatic heterocycles. The Hall–Kier alpha value is -0.460. The Morgan fingerprint density at radius 3 is 2.38 bits per heavy atom. The zero-order valence-corrected chi connectivity index (χ0v) is 16.5. The zero-order chi connectivity index (χ0) is 17.0. The molecule has 0 aromatic heterocycles.